The molecule has 2 heterocycles. The highest BCUT2D eigenvalue weighted by atomic mass is 35.5. The third-order valence-corrected chi connectivity index (χ3v) is 2.65. The van der Waals surface area contributed by atoms with E-state index >= 15 is 0 Å². The van der Waals surface area contributed by atoms with Gasteiger partial charge in [-0.25, -0.2) is 9.78 Å². The number of rotatable bonds is 2. The standard InChI is InChI=1S/C10H5ClF3N3O3/c11-5-1-4(10(12,13)14)3-15-8(5)17-7(18)2-6(16-17)9(19)20/h1,3H,2H2,(H,19,20). The normalized spacial score (nSPS) is 15.5. The quantitative estimate of drug-likeness (QED) is 0.905. The van der Waals surface area contributed by atoms with E-state index < -0.39 is 40.8 Å². The molecule has 6 nitrogen and oxygen atoms in total. The van der Waals surface area contributed by atoms with E-state index in [0.29, 0.717) is 17.3 Å². The topological polar surface area (TPSA) is 82.9 Å². The van der Waals surface area contributed by atoms with Crippen molar-refractivity contribution in [2.45, 2.75) is 12.6 Å². The van der Waals surface area contributed by atoms with E-state index in [9.17, 15) is 22.8 Å². The zero-order valence-corrected chi connectivity index (χ0v) is 10.2. The van der Waals surface area contributed by atoms with Gasteiger partial charge in [0, 0.05) is 6.20 Å². The molecule has 1 amide bonds. The molecular formula is C10H5ClF3N3O3. The largest absolute Gasteiger partial charge is 0.477 e. The Bertz CT molecular complexity index is 630. The molecule has 0 saturated heterocycles. The number of nitrogens with zero attached hydrogens (tertiary/aromatic N) is 3. The van der Waals surface area contributed by atoms with Crippen molar-refractivity contribution in [3.63, 3.8) is 0 Å². The molecule has 1 aromatic heterocycles. The number of carbonyl (C=O) groups excluding carboxylic acids is 1. The number of halogens is 4. The fraction of sp³-hybridized carbons (Fsp3) is 0.200. The van der Waals surface area contributed by atoms with Crippen molar-refractivity contribution in [2.24, 2.45) is 5.10 Å². The van der Waals surface area contributed by atoms with Crippen LogP contribution in [0.25, 0.3) is 0 Å². The number of aliphatic carboxylic acids is 1. The van der Waals surface area contributed by atoms with E-state index in [-0.39, 0.29) is 5.82 Å². The maximum atomic E-state index is 12.4. The van der Waals surface area contributed by atoms with Gasteiger partial charge in [-0.3, -0.25) is 4.79 Å². The summed E-state index contributed by atoms with van der Waals surface area (Å²) in [5.41, 5.74) is -1.52. The van der Waals surface area contributed by atoms with Crippen LogP contribution in [0.5, 0.6) is 0 Å². The summed E-state index contributed by atoms with van der Waals surface area (Å²) in [6.45, 7) is 0. The maximum absolute atomic E-state index is 12.4. The van der Waals surface area contributed by atoms with Gasteiger partial charge in [0.05, 0.1) is 17.0 Å². The van der Waals surface area contributed by atoms with Gasteiger partial charge in [-0.15, -0.1) is 0 Å². The molecule has 0 atom stereocenters. The minimum atomic E-state index is -4.63. The number of carboxylic acids is 1. The minimum absolute atomic E-state index is 0.346. The minimum Gasteiger partial charge on any atom is -0.477 e. The van der Waals surface area contributed by atoms with Crippen molar-refractivity contribution < 1.29 is 27.9 Å². The number of hydrogen-bond donors (Lipinski definition) is 1. The molecular weight excluding hydrogens is 303 g/mol. The molecule has 0 aromatic carbocycles. The van der Waals surface area contributed by atoms with Crippen molar-refractivity contribution in [1.29, 1.82) is 0 Å². The Morgan fingerprint density at radius 1 is 1.45 bits per heavy atom. The third kappa shape index (κ3) is 2.57. The molecule has 10 heteroatoms. The van der Waals surface area contributed by atoms with Crippen LogP contribution in [0.4, 0.5) is 19.0 Å². The van der Waals surface area contributed by atoms with Crippen LogP contribution in [-0.2, 0) is 15.8 Å². The summed E-state index contributed by atoms with van der Waals surface area (Å²) in [5, 5.41) is 12.3. The molecule has 0 saturated carbocycles. The number of carboxylic acid groups (broad SMARTS) is 1. The summed E-state index contributed by atoms with van der Waals surface area (Å²) >= 11 is 5.64. The number of pyridine rings is 1. The first-order chi connectivity index (χ1) is 9.20. The Labute approximate surface area is 114 Å². The summed E-state index contributed by atoms with van der Waals surface area (Å²) in [5.74, 6) is -2.48. The van der Waals surface area contributed by atoms with Gasteiger partial charge in [0.25, 0.3) is 5.91 Å². The fourth-order valence-corrected chi connectivity index (χ4v) is 1.70. The van der Waals surface area contributed by atoms with Crippen LogP contribution >= 0.6 is 11.6 Å². The predicted octanol–water partition coefficient (Wildman–Crippen LogP) is 1.93. The highest BCUT2D eigenvalue weighted by Crippen LogP contribution is 2.34. The first-order valence-electron chi connectivity index (χ1n) is 5.06. The molecule has 0 spiro atoms. The van der Waals surface area contributed by atoms with Crippen molar-refractivity contribution in [3.05, 3.63) is 22.8 Å². The van der Waals surface area contributed by atoms with Crippen LogP contribution in [0, 0.1) is 0 Å². The predicted molar refractivity (Wildman–Crippen MR) is 61.4 cm³/mol. The zero-order valence-electron chi connectivity index (χ0n) is 9.48. The Kier molecular flexibility index (Phi) is 3.38. The molecule has 0 fully saturated rings. The third-order valence-electron chi connectivity index (χ3n) is 2.37. The van der Waals surface area contributed by atoms with Gasteiger partial charge >= 0.3 is 12.1 Å². The zero-order chi connectivity index (χ0) is 15.1. The number of carbonyl (C=O) groups is 2. The molecule has 1 aromatic rings. The molecule has 20 heavy (non-hydrogen) atoms. The Balaban J connectivity index is 2.40. The Morgan fingerprint density at radius 2 is 2.10 bits per heavy atom. The van der Waals surface area contributed by atoms with E-state index in [1.165, 1.54) is 0 Å². The Hall–Kier alpha value is -2.16. The molecule has 0 radical (unpaired) electrons. The van der Waals surface area contributed by atoms with Gasteiger partial charge < -0.3 is 5.11 Å². The second-order valence-electron chi connectivity index (χ2n) is 3.76. The van der Waals surface area contributed by atoms with E-state index in [0.717, 1.165) is 0 Å². The number of aromatic nitrogens is 1. The first kappa shape index (κ1) is 14.3. The molecule has 2 rings (SSSR count). The summed E-state index contributed by atoms with van der Waals surface area (Å²) in [4.78, 5) is 25.7. The van der Waals surface area contributed by atoms with Crippen molar-refractivity contribution in [3.8, 4) is 0 Å². The van der Waals surface area contributed by atoms with Crippen LogP contribution in [0.3, 0.4) is 0 Å². The summed E-state index contributed by atoms with van der Waals surface area (Å²) in [6, 6.07) is 0.589. The number of anilines is 1. The highest BCUT2D eigenvalue weighted by molar-refractivity contribution is 6.42. The number of amides is 1. The monoisotopic (exact) mass is 307 g/mol. The molecule has 0 aliphatic carbocycles. The van der Waals surface area contributed by atoms with Crippen molar-refractivity contribution in [1.82, 2.24) is 4.98 Å². The molecule has 0 unspecified atom stereocenters. The lowest BCUT2D eigenvalue weighted by Crippen LogP contribution is -2.21. The number of hydrazone groups is 1. The van der Waals surface area contributed by atoms with Crippen LogP contribution < -0.4 is 5.01 Å². The van der Waals surface area contributed by atoms with Crippen LogP contribution in [0.15, 0.2) is 17.4 Å². The lowest BCUT2D eigenvalue weighted by Gasteiger charge is -2.13. The van der Waals surface area contributed by atoms with Gasteiger partial charge in [-0.05, 0) is 6.07 Å². The van der Waals surface area contributed by atoms with Crippen LogP contribution in [0.1, 0.15) is 12.0 Å². The number of alkyl halides is 3. The molecule has 1 aliphatic rings. The smallest absolute Gasteiger partial charge is 0.417 e. The van der Waals surface area contributed by atoms with Gasteiger partial charge in [0.15, 0.2) is 11.5 Å². The second kappa shape index (κ2) is 4.75. The van der Waals surface area contributed by atoms with Gasteiger partial charge in [0.2, 0.25) is 0 Å². The van der Waals surface area contributed by atoms with Gasteiger partial charge in [-0.1, -0.05) is 11.6 Å². The van der Waals surface area contributed by atoms with Crippen LogP contribution in [-0.4, -0.2) is 27.7 Å². The fourth-order valence-electron chi connectivity index (χ4n) is 1.46. The molecule has 106 valence electrons. The second-order valence-corrected chi connectivity index (χ2v) is 4.17. The molecule has 1 aliphatic heterocycles. The van der Waals surface area contributed by atoms with Crippen molar-refractivity contribution in [2.75, 3.05) is 5.01 Å². The maximum Gasteiger partial charge on any atom is 0.417 e. The van der Waals surface area contributed by atoms with E-state index in [1.807, 2.05) is 0 Å². The van der Waals surface area contributed by atoms with Gasteiger partial charge in [0.1, 0.15) is 0 Å². The average molecular weight is 308 g/mol. The van der Waals surface area contributed by atoms with E-state index in [4.69, 9.17) is 16.7 Å². The van der Waals surface area contributed by atoms with E-state index in [1.54, 1.807) is 0 Å². The summed E-state index contributed by atoms with van der Waals surface area (Å²) in [7, 11) is 0. The average Bonchev–Trinajstić information content (AvgIpc) is 2.70. The van der Waals surface area contributed by atoms with E-state index in [2.05, 4.69) is 10.1 Å². The highest BCUT2D eigenvalue weighted by Gasteiger charge is 2.34. The summed E-state index contributed by atoms with van der Waals surface area (Å²) in [6.07, 6.45) is -4.61. The molecule has 1 N–H and O–H groups in total. The first-order valence-corrected chi connectivity index (χ1v) is 5.44. The molecule has 0 bridgehead atoms. The number of hydrogen-bond acceptors (Lipinski definition) is 4. The van der Waals surface area contributed by atoms with Crippen molar-refractivity contribution >= 4 is 35.0 Å². The van der Waals surface area contributed by atoms with Crippen LogP contribution in [0.2, 0.25) is 5.02 Å². The van der Waals surface area contributed by atoms with Gasteiger partial charge in [-0.2, -0.15) is 23.3 Å². The lowest BCUT2D eigenvalue weighted by atomic mass is 10.2. The SMILES string of the molecule is O=C(O)C1=NN(c2ncc(C(F)(F)F)cc2Cl)C(=O)C1. The Morgan fingerprint density at radius 3 is 2.55 bits per heavy atom. The lowest BCUT2D eigenvalue weighted by molar-refractivity contribution is -0.137. The summed E-state index contributed by atoms with van der Waals surface area (Å²) < 4.78 is 37.3.